The zero-order valence-corrected chi connectivity index (χ0v) is 22.8. The molecule has 2 atom stereocenters. The van der Waals surface area contributed by atoms with Gasteiger partial charge in [-0.3, -0.25) is 4.98 Å². The molecular formula is C28H26F2N8O2S. The summed E-state index contributed by atoms with van der Waals surface area (Å²) in [6.07, 6.45) is 11.5. The highest BCUT2D eigenvalue weighted by Crippen LogP contribution is 2.32. The molecule has 0 saturated heterocycles. The molecule has 6 rings (SSSR count). The number of nitrogens with zero attached hydrogens (tertiary/aromatic N) is 6. The van der Waals surface area contributed by atoms with E-state index in [2.05, 4.69) is 35.6 Å². The maximum Gasteiger partial charge on any atom is 0.269 e. The molecule has 1 aliphatic rings. The lowest BCUT2D eigenvalue weighted by atomic mass is 9.91. The van der Waals surface area contributed by atoms with Crippen molar-refractivity contribution in [3.8, 4) is 11.4 Å². The van der Waals surface area contributed by atoms with Crippen LogP contribution in [0.15, 0.2) is 72.4 Å². The first kappa shape index (κ1) is 26.7. The van der Waals surface area contributed by atoms with E-state index in [4.69, 9.17) is 0 Å². The summed E-state index contributed by atoms with van der Waals surface area (Å²) in [5, 5.41) is 6.74. The third-order valence-electron chi connectivity index (χ3n) is 7.07. The minimum absolute atomic E-state index is 0.00890. The first-order valence-electron chi connectivity index (χ1n) is 13.1. The Morgan fingerprint density at radius 3 is 2.49 bits per heavy atom. The highest BCUT2D eigenvalue weighted by molar-refractivity contribution is 7.90. The second-order valence-corrected chi connectivity index (χ2v) is 11.8. The number of rotatable bonds is 7. The van der Waals surface area contributed by atoms with Gasteiger partial charge in [0.25, 0.3) is 10.0 Å². The Morgan fingerprint density at radius 2 is 1.73 bits per heavy atom. The minimum Gasteiger partial charge on any atom is -0.366 e. The molecule has 0 radical (unpaired) electrons. The Balaban J connectivity index is 1.33. The predicted octanol–water partition coefficient (Wildman–Crippen LogP) is 4.94. The zero-order chi connectivity index (χ0) is 28.6. The molecule has 1 saturated carbocycles. The Kier molecular flexibility index (Phi) is 7.03. The number of hydrogen-bond donors (Lipinski definition) is 2. The van der Waals surface area contributed by atoms with Crippen LogP contribution >= 0.6 is 0 Å². The fourth-order valence-corrected chi connectivity index (χ4v) is 6.39. The zero-order valence-electron chi connectivity index (χ0n) is 22.0. The van der Waals surface area contributed by atoms with E-state index in [1.54, 1.807) is 30.7 Å². The molecule has 1 aliphatic carbocycles. The van der Waals surface area contributed by atoms with Gasteiger partial charge in [0.2, 0.25) is 0 Å². The van der Waals surface area contributed by atoms with Gasteiger partial charge >= 0.3 is 0 Å². The van der Waals surface area contributed by atoms with E-state index in [-0.39, 0.29) is 45.2 Å². The van der Waals surface area contributed by atoms with Gasteiger partial charge in [-0.1, -0.05) is 17.7 Å². The Morgan fingerprint density at radius 1 is 0.951 bits per heavy atom. The van der Waals surface area contributed by atoms with Gasteiger partial charge in [0, 0.05) is 41.6 Å². The number of anilines is 2. The van der Waals surface area contributed by atoms with Crippen LogP contribution < -0.4 is 10.6 Å². The lowest BCUT2D eigenvalue weighted by molar-refractivity contribution is 0.424. The number of aryl methyl sites for hydroxylation is 1. The summed E-state index contributed by atoms with van der Waals surface area (Å²) in [7, 11) is -4.09. The number of benzene rings is 1. The molecule has 1 fully saturated rings. The van der Waals surface area contributed by atoms with Crippen LogP contribution in [0.4, 0.5) is 20.4 Å². The van der Waals surface area contributed by atoms with Crippen LogP contribution in [-0.4, -0.2) is 49.4 Å². The molecule has 0 spiro atoms. The van der Waals surface area contributed by atoms with Gasteiger partial charge < -0.3 is 10.6 Å². The van der Waals surface area contributed by atoms with Crippen LogP contribution in [0.25, 0.3) is 22.4 Å². The number of hydrogen-bond acceptors (Lipinski definition) is 9. The summed E-state index contributed by atoms with van der Waals surface area (Å²) in [5.41, 5.74) is 1.11. The fourth-order valence-electron chi connectivity index (χ4n) is 5.07. The topological polar surface area (TPSA) is 128 Å². The summed E-state index contributed by atoms with van der Waals surface area (Å²) in [4.78, 5) is 21.0. The standard InChI is InChI=1S/C28H26F2N8O2S/c1-17-5-7-21(8-6-17)41(39,40)38-16-23(22-11-18(29)13-34-28(22)38)26-33-14-24(30)27(37-26)36-20-4-2-3-19(12-20)35-25-15-31-9-10-32-25/h5-11,13-16,19-20H,2-4,12H2,1H3,(H,32,35)(H,33,36,37)/t19-,20+/m1/s1. The summed E-state index contributed by atoms with van der Waals surface area (Å²) in [5.74, 6) is -0.626. The highest BCUT2D eigenvalue weighted by Gasteiger charge is 2.26. The van der Waals surface area contributed by atoms with Gasteiger partial charge in [0.1, 0.15) is 11.6 Å². The van der Waals surface area contributed by atoms with E-state index in [0.29, 0.717) is 12.2 Å². The average Bonchev–Trinajstić information content (AvgIpc) is 3.35. The summed E-state index contributed by atoms with van der Waals surface area (Å²) < 4.78 is 57.3. The largest absolute Gasteiger partial charge is 0.366 e. The first-order valence-corrected chi connectivity index (χ1v) is 14.5. The van der Waals surface area contributed by atoms with Crippen LogP contribution in [0.5, 0.6) is 0 Å². The smallest absolute Gasteiger partial charge is 0.269 e. The second kappa shape index (κ2) is 10.8. The molecule has 0 unspecified atom stereocenters. The SMILES string of the molecule is Cc1ccc(S(=O)(=O)n2cc(-c3ncc(F)c(N[C@H]4CCC[C@@H](Nc5cnccn5)C4)n3)c3cc(F)cnc32)cc1. The Bertz CT molecular complexity index is 1810. The van der Waals surface area contributed by atoms with Gasteiger partial charge in [-0.2, -0.15) is 0 Å². The second-order valence-electron chi connectivity index (χ2n) is 10.0. The average molecular weight is 577 g/mol. The molecule has 4 heterocycles. The van der Waals surface area contributed by atoms with Gasteiger partial charge in [-0.25, -0.2) is 41.1 Å². The molecule has 1 aromatic carbocycles. The first-order chi connectivity index (χ1) is 19.8. The lowest BCUT2D eigenvalue weighted by Crippen LogP contribution is -2.35. The van der Waals surface area contributed by atoms with Crippen molar-refractivity contribution >= 4 is 32.7 Å². The van der Waals surface area contributed by atoms with Crippen molar-refractivity contribution < 1.29 is 17.2 Å². The molecule has 2 N–H and O–H groups in total. The molecule has 13 heteroatoms. The van der Waals surface area contributed by atoms with E-state index in [0.717, 1.165) is 41.2 Å². The third kappa shape index (κ3) is 5.44. The highest BCUT2D eigenvalue weighted by atomic mass is 32.2. The van der Waals surface area contributed by atoms with Gasteiger partial charge in [-0.05, 0) is 50.8 Å². The van der Waals surface area contributed by atoms with Crippen LogP contribution in [0.1, 0.15) is 31.2 Å². The van der Waals surface area contributed by atoms with E-state index in [1.165, 1.54) is 24.4 Å². The Hall–Kier alpha value is -4.52. The molecule has 0 aliphatic heterocycles. The number of pyridine rings is 1. The molecule has 0 bridgehead atoms. The van der Waals surface area contributed by atoms with Crippen molar-refractivity contribution in [2.24, 2.45) is 0 Å². The van der Waals surface area contributed by atoms with Crippen molar-refractivity contribution in [3.05, 3.63) is 84.7 Å². The summed E-state index contributed by atoms with van der Waals surface area (Å²) >= 11 is 0. The Labute approximate surface area is 235 Å². The van der Waals surface area contributed by atoms with Crippen LogP contribution in [-0.2, 0) is 10.0 Å². The van der Waals surface area contributed by atoms with Crippen molar-refractivity contribution in [1.29, 1.82) is 0 Å². The minimum atomic E-state index is -4.09. The van der Waals surface area contributed by atoms with E-state index in [9.17, 15) is 17.2 Å². The third-order valence-corrected chi connectivity index (χ3v) is 8.74. The molecule has 10 nitrogen and oxygen atoms in total. The molecule has 41 heavy (non-hydrogen) atoms. The van der Waals surface area contributed by atoms with Crippen molar-refractivity contribution in [2.75, 3.05) is 10.6 Å². The number of nitrogens with one attached hydrogen (secondary N) is 2. The van der Waals surface area contributed by atoms with Crippen molar-refractivity contribution in [2.45, 2.75) is 49.6 Å². The number of aromatic nitrogens is 6. The van der Waals surface area contributed by atoms with E-state index in [1.807, 2.05) is 6.92 Å². The molecule has 4 aromatic heterocycles. The van der Waals surface area contributed by atoms with Crippen molar-refractivity contribution in [3.63, 3.8) is 0 Å². The molecule has 210 valence electrons. The normalized spacial score (nSPS) is 17.4. The quantitative estimate of drug-likeness (QED) is 0.277. The lowest BCUT2D eigenvalue weighted by Gasteiger charge is -2.31. The van der Waals surface area contributed by atoms with Crippen LogP contribution in [0.3, 0.4) is 0 Å². The van der Waals surface area contributed by atoms with Gasteiger partial charge in [0.05, 0.1) is 23.5 Å². The van der Waals surface area contributed by atoms with E-state index >= 15 is 0 Å². The van der Waals surface area contributed by atoms with Crippen LogP contribution in [0, 0.1) is 18.6 Å². The maximum atomic E-state index is 14.9. The fraction of sp³-hybridized carbons (Fsp3) is 0.250. The number of halogens is 2. The van der Waals surface area contributed by atoms with E-state index < -0.39 is 21.7 Å². The summed E-state index contributed by atoms with van der Waals surface area (Å²) in [6, 6.07) is 7.55. The molecule has 5 aromatic rings. The monoisotopic (exact) mass is 576 g/mol. The van der Waals surface area contributed by atoms with Gasteiger partial charge in [0.15, 0.2) is 23.1 Å². The maximum absolute atomic E-state index is 14.9. The molecular weight excluding hydrogens is 550 g/mol. The summed E-state index contributed by atoms with van der Waals surface area (Å²) in [6.45, 7) is 1.85. The van der Waals surface area contributed by atoms with Crippen molar-refractivity contribution in [1.82, 2.24) is 28.9 Å². The molecule has 0 amide bonds. The van der Waals surface area contributed by atoms with Crippen LogP contribution in [0.2, 0.25) is 0 Å². The predicted molar refractivity (Wildman–Crippen MR) is 150 cm³/mol. The van der Waals surface area contributed by atoms with Gasteiger partial charge in [-0.15, -0.1) is 0 Å². The number of fused-ring (bicyclic) bond motifs is 1.